The molecule has 2 rings (SSSR count). The molecule has 0 radical (unpaired) electrons. The van der Waals surface area contributed by atoms with Gasteiger partial charge in [-0.3, -0.25) is 9.69 Å². The van der Waals surface area contributed by atoms with Gasteiger partial charge in [0, 0.05) is 10.9 Å². The Kier molecular flexibility index (Phi) is 6.60. The summed E-state index contributed by atoms with van der Waals surface area (Å²) in [7, 11) is 0. The molecule has 0 bridgehead atoms. The average molecular weight is 330 g/mol. The molecule has 7 heteroatoms. The van der Waals surface area contributed by atoms with Crippen LogP contribution in [0.1, 0.15) is 19.3 Å². The molecule has 0 aromatic heterocycles. The number of hydrogen-bond acceptors (Lipinski definition) is 4. The second-order valence-electron chi connectivity index (χ2n) is 5.23. The zero-order valence-corrected chi connectivity index (χ0v) is 13.0. The molecule has 0 aliphatic carbocycles. The molecule has 4 nitrogen and oxygen atoms in total. The Hall–Kier alpha value is -1.18. The number of para-hydroxylation sites is 1. The molecule has 1 aromatic rings. The fraction of sp³-hybridized carbons (Fsp3) is 0.533. The number of halogens is 2. The molecule has 1 aliphatic heterocycles. The van der Waals surface area contributed by atoms with Gasteiger partial charge in [0.15, 0.2) is 0 Å². The lowest BCUT2D eigenvalue weighted by Crippen LogP contribution is -2.45. The third-order valence-corrected chi connectivity index (χ3v) is 4.47. The molecule has 1 atom stereocenters. The van der Waals surface area contributed by atoms with E-state index in [9.17, 15) is 18.7 Å². The monoisotopic (exact) mass is 330 g/mol. The van der Waals surface area contributed by atoms with Crippen LogP contribution < -0.4 is 5.32 Å². The number of amides is 1. The number of anilines is 1. The van der Waals surface area contributed by atoms with Crippen molar-refractivity contribution in [1.29, 1.82) is 0 Å². The highest BCUT2D eigenvalue weighted by Crippen LogP contribution is 2.31. The number of carbonyl (C=O) groups is 1. The van der Waals surface area contributed by atoms with E-state index in [-0.39, 0.29) is 25.1 Å². The Labute approximate surface area is 132 Å². The van der Waals surface area contributed by atoms with E-state index in [1.165, 1.54) is 0 Å². The summed E-state index contributed by atoms with van der Waals surface area (Å²) in [4.78, 5) is 14.4. The predicted molar refractivity (Wildman–Crippen MR) is 83.2 cm³/mol. The van der Waals surface area contributed by atoms with Gasteiger partial charge < -0.3 is 10.4 Å². The summed E-state index contributed by atoms with van der Waals surface area (Å²) in [5.74, 6) is -2.78. The first-order chi connectivity index (χ1) is 10.6. The molecule has 1 aromatic carbocycles. The standard InChI is InChI=1S/C15H20F2N2O2S/c16-15(17)22-13-7-2-1-6-12(13)18-14(21)9-19-8-4-3-5-11(19)10-20/h1-2,6-7,11,15,20H,3-5,8-10H2,(H,18,21). The number of likely N-dealkylation sites (tertiary alicyclic amines) is 1. The number of thioether (sulfide) groups is 1. The van der Waals surface area contributed by atoms with Gasteiger partial charge in [-0.05, 0) is 31.5 Å². The third kappa shape index (κ3) is 4.93. The number of nitrogens with one attached hydrogen (secondary N) is 1. The normalized spacial score (nSPS) is 19.4. The quantitative estimate of drug-likeness (QED) is 0.788. The Morgan fingerprint density at radius 1 is 1.41 bits per heavy atom. The number of alkyl halides is 2. The molecule has 1 saturated heterocycles. The summed E-state index contributed by atoms with van der Waals surface area (Å²) < 4.78 is 25.0. The first-order valence-electron chi connectivity index (χ1n) is 7.28. The molecule has 1 amide bonds. The minimum absolute atomic E-state index is 0.00480. The number of aliphatic hydroxyl groups is 1. The van der Waals surface area contributed by atoms with Crippen molar-refractivity contribution < 1.29 is 18.7 Å². The van der Waals surface area contributed by atoms with Crippen LogP contribution in [0.2, 0.25) is 0 Å². The summed E-state index contributed by atoms with van der Waals surface area (Å²) in [6.07, 6.45) is 2.93. The molecular formula is C15H20F2N2O2S. The van der Waals surface area contributed by atoms with Crippen LogP contribution in [0.4, 0.5) is 14.5 Å². The average Bonchev–Trinajstić information content (AvgIpc) is 2.49. The van der Waals surface area contributed by atoms with E-state index in [1.807, 2.05) is 4.90 Å². The second-order valence-corrected chi connectivity index (χ2v) is 6.26. The summed E-state index contributed by atoms with van der Waals surface area (Å²) in [6.45, 7) is 0.968. The minimum Gasteiger partial charge on any atom is -0.395 e. The van der Waals surface area contributed by atoms with Crippen molar-refractivity contribution in [3.63, 3.8) is 0 Å². The van der Waals surface area contributed by atoms with Crippen molar-refractivity contribution in [1.82, 2.24) is 4.90 Å². The molecule has 122 valence electrons. The molecule has 1 fully saturated rings. The highest BCUT2D eigenvalue weighted by Gasteiger charge is 2.23. The van der Waals surface area contributed by atoms with E-state index in [2.05, 4.69) is 5.32 Å². The van der Waals surface area contributed by atoms with Gasteiger partial charge in [-0.2, -0.15) is 8.78 Å². The number of rotatable bonds is 6. The van der Waals surface area contributed by atoms with Crippen molar-refractivity contribution in [3.8, 4) is 0 Å². The van der Waals surface area contributed by atoms with E-state index in [4.69, 9.17) is 0 Å². The van der Waals surface area contributed by atoms with Gasteiger partial charge in [0.1, 0.15) is 0 Å². The molecule has 0 spiro atoms. The summed E-state index contributed by atoms with van der Waals surface area (Å²) in [6, 6.07) is 6.53. The molecule has 1 aliphatic rings. The van der Waals surface area contributed by atoms with Crippen molar-refractivity contribution in [2.75, 3.05) is 25.0 Å². The van der Waals surface area contributed by atoms with Gasteiger partial charge in [-0.1, -0.05) is 30.3 Å². The van der Waals surface area contributed by atoms with Gasteiger partial charge in [-0.25, -0.2) is 0 Å². The van der Waals surface area contributed by atoms with E-state index >= 15 is 0 Å². The van der Waals surface area contributed by atoms with Gasteiger partial charge in [0.2, 0.25) is 5.91 Å². The molecule has 2 N–H and O–H groups in total. The maximum Gasteiger partial charge on any atom is 0.288 e. The number of nitrogens with zero attached hydrogens (tertiary/aromatic N) is 1. The lowest BCUT2D eigenvalue weighted by molar-refractivity contribution is -0.118. The lowest BCUT2D eigenvalue weighted by Gasteiger charge is -2.33. The van der Waals surface area contributed by atoms with Crippen molar-refractivity contribution >= 4 is 23.4 Å². The van der Waals surface area contributed by atoms with Crippen molar-refractivity contribution in [3.05, 3.63) is 24.3 Å². The van der Waals surface area contributed by atoms with Gasteiger partial charge >= 0.3 is 0 Å². The largest absolute Gasteiger partial charge is 0.395 e. The summed E-state index contributed by atoms with van der Waals surface area (Å²) >= 11 is 0.417. The Bertz CT molecular complexity index is 502. The highest BCUT2D eigenvalue weighted by atomic mass is 32.2. The Morgan fingerprint density at radius 2 is 2.18 bits per heavy atom. The van der Waals surface area contributed by atoms with Crippen LogP contribution in [-0.2, 0) is 4.79 Å². The van der Waals surface area contributed by atoms with Gasteiger partial charge in [0.25, 0.3) is 5.76 Å². The van der Waals surface area contributed by atoms with Crippen LogP contribution in [-0.4, -0.2) is 47.4 Å². The van der Waals surface area contributed by atoms with Crippen LogP contribution in [0.15, 0.2) is 29.2 Å². The minimum atomic E-state index is -2.53. The Balaban J connectivity index is 1.97. The third-order valence-electron chi connectivity index (χ3n) is 3.68. The number of benzene rings is 1. The van der Waals surface area contributed by atoms with E-state index in [0.29, 0.717) is 22.3 Å². The van der Waals surface area contributed by atoms with Gasteiger partial charge in [0.05, 0.1) is 18.8 Å². The van der Waals surface area contributed by atoms with Crippen LogP contribution in [0, 0.1) is 0 Å². The zero-order chi connectivity index (χ0) is 15.9. The number of piperidine rings is 1. The number of carbonyl (C=O) groups excluding carboxylic acids is 1. The summed E-state index contributed by atoms with van der Waals surface area (Å²) in [5, 5.41) is 12.0. The fourth-order valence-corrected chi connectivity index (χ4v) is 3.21. The lowest BCUT2D eigenvalue weighted by atomic mass is 10.0. The predicted octanol–water partition coefficient (Wildman–Crippen LogP) is 2.79. The van der Waals surface area contributed by atoms with E-state index in [0.717, 1.165) is 25.8 Å². The molecular weight excluding hydrogens is 310 g/mol. The van der Waals surface area contributed by atoms with Crippen LogP contribution in [0.25, 0.3) is 0 Å². The fourth-order valence-electron chi connectivity index (χ4n) is 2.62. The van der Waals surface area contributed by atoms with Crippen LogP contribution in [0.5, 0.6) is 0 Å². The summed E-state index contributed by atoms with van der Waals surface area (Å²) in [5.41, 5.74) is 0.398. The van der Waals surface area contributed by atoms with E-state index < -0.39 is 5.76 Å². The van der Waals surface area contributed by atoms with Crippen LogP contribution in [0.3, 0.4) is 0 Å². The molecule has 0 saturated carbocycles. The molecule has 22 heavy (non-hydrogen) atoms. The van der Waals surface area contributed by atoms with E-state index in [1.54, 1.807) is 24.3 Å². The highest BCUT2D eigenvalue weighted by molar-refractivity contribution is 7.99. The Morgan fingerprint density at radius 3 is 2.91 bits per heavy atom. The molecule has 1 unspecified atom stereocenters. The number of aliphatic hydroxyl groups excluding tert-OH is 1. The van der Waals surface area contributed by atoms with Crippen LogP contribution >= 0.6 is 11.8 Å². The van der Waals surface area contributed by atoms with Crippen molar-refractivity contribution in [2.24, 2.45) is 0 Å². The second kappa shape index (κ2) is 8.45. The first kappa shape index (κ1) is 17.2. The first-order valence-corrected chi connectivity index (χ1v) is 8.16. The zero-order valence-electron chi connectivity index (χ0n) is 12.2. The molecule has 1 heterocycles. The SMILES string of the molecule is O=C(CN1CCCCC1CO)Nc1ccccc1SC(F)F. The van der Waals surface area contributed by atoms with Gasteiger partial charge in [-0.15, -0.1) is 0 Å². The maximum absolute atomic E-state index is 12.5. The topological polar surface area (TPSA) is 52.6 Å². The number of hydrogen-bond donors (Lipinski definition) is 2. The van der Waals surface area contributed by atoms with Crippen molar-refractivity contribution in [2.45, 2.75) is 36.0 Å². The maximum atomic E-state index is 12.5. The smallest absolute Gasteiger partial charge is 0.288 e.